The molecule has 3 atom stereocenters. The quantitative estimate of drug-likeness (QED) is 0.931. The van der Waals surface area contributed by atoms with Crippen LogP contribution in [0.1, 0.15) is 56.9 Å². The molecule has 5 nitrogen and oxygen atoms in total. The summed E-state index contributed by atoms with van der Waals surface area (Å²) in [5.41, 5.74) is 0. The highest BCUT2D eigenvalue weighted by Gasteiger charge is 2.41. The number of Topliss-reactive ketones (excluding diaryl/α,β-unsaturated/α-hetero) is 1. The number of nitrogens with zero attached hydrogens (tertiary/aromatic N) is 2. The number of carbonyl (C=O) groups is 2. The Balaban J connectivity index is 1.64. The second kappa shape index (κ2) is 5.83. The lowest BCUT2D eigenvalue weighted by molar-refractivity contribution is -0.136. The molecule has 21 heavy (non-hydrogen) atoms. The van der Waals surface area contributed by atoms with Crippen molar-refractivity contribution < 1.29 is 9.59 Å². The van der Waals surface area contributed by atoms with Gasteiger partial charge in [0.25, 0.3) is 0 Å². The van der Waals surface area contributed by atoms with E-state index in [1.807, 2.05) is 0 Å². The van der Waals surface area contributed by atoms with E-state index in [-0.39, 0.29) is 23.7 Å². The van der Waals surface area contributed by atoms with Gasteiger partial charge >= 0.3 is 0 Å². The van der Waals surface area contributed by atoms with Crippen molar-refractivity contribution in [3.8, 4) is 0 Å². The second-order valence-electron chi connectivity index (χ2n) is 6.48. The molecule has 0 aromatic carbocycles. The van der Waals surface area contributed by atoms with Gasteiger partial charge in [-0.05, 0) is 25.7 Å². The number of anilines is 1. The maximum absolute atomic E-state index is 12.4. The summed E-state index contributed by atoms with van der Waals surface area (Å²) in [5.74, 6) is 0.876. The number of nitrogens with one attached hydrogen (secondary N) is 1. The van der Waals surface area contributed by atoms with Crippen LogP contribution in [0, 0.1) is 17.8 Å². The van der Waals surface area contributed by atoms with Gasteiger partial charge in [-0.1, -0.05) is 31.6 Å². The summed E-state index contributed by atoms with van der Waals surface area (Å²) < 4.78 is 0. The number of amides is 1. The van der Waals surface area contributed by atoms with Crippen molar-refractivity contribution in [1.29, 1.82) is 0 Å². The maximum atomic E-state index is 12.4. The van der Waals surface area contributed by atoms with Gasteiger partial charge in [-0.2, -0.15) is 0 Å². The van der Waals surface area contributed by atoms with E-state index < -0.39 is 0 Å². The number of rotatable bonds is 3. The number of fused-ring (bicyclic) bond motifs is 2. The molecule has 0 aliphatic heterocycles. The molecule has 2 bridgehead atoms. The van der Waals surface area contributed by atoms with Crippen LogP contribution in [0.4, 0.5) is 5.13 Å². The van der Waals surface area contributed by atoms with E-state index in [0.717, 1.165) is 24.3 Å². The molecule has 1 N–H and O–H groups in total. The Hall–Kier alpha value is -1.30. The summed E-state index contributed by atoms with van der Waals surface area (Å²) in [6.07, 6.45) is 4.45. The third-order valence-corrected chi connectivity index (χ3v) is 5.72. The van der Waals surface area contributed by atoms with E-state index in [9.17, 15) is 9.59 Å². The Bertz CT molecular complexity index is 539. The van der Waals surface area contributed by atoms with E-state index in [2.05, 4.69) is 29.4 Å². The molecule has 2 aliphatic rings. The van der Waals surface area contributed by atoms with Gasteiger partial charge in [-0.15, -0.1) is 10.2 Å². The first-order chi connectivity index (χ1) is 10.0. The first-order valence-electron chi connectivity index (χ1n) is 7.72. The zero-order chi connectivity index (χ0) is 15.0. The number of carbonyl (C=O) groups excluding carboxylic acids is 2. The lowest BCUT2D eigenvalue weighted by atomic mass is 9.67. The summed E-state index contributed by atoms with van der Waals surface area (Å²) in [6, 6.07) is 0. The number of hydrogen-bond acceptors (Lipinski definition) is 5. The molecule has 114 valence electrons. The van der Waals surface area contributed by atoms with Crippen LogP contribution in [0.15, 0.2) is 0 Å². The topological polar surface area (TPSA) is 72.0 Å². The average Bonchev–Trinajstić information content (AvgIpc) is 2.87. The van der Waals surface area contributed by atoms with Crippen LogP contribution >= 0.6 is 11.3 Å². The molecule has 0 saturated heterocycles. The normalized spacial score (nSPS) is 28.7. The fraction of sp³-hybridized carbons (Fsp3) is 0.733. The Morgan fingerprint density at radius 2 is 1.90 bits per heavy atom. The summed E-state index contributed by atoms with van der Waals surface area (Å²) in [5, 5.41) is 12.5. The molecule has 3 rings (SSSR count). The van der Waals surface area contributed by atoms with Crippen molar-refractivity contribution in [2.24, 2.45) is 17.8 Å². The van der Waals surface area contributed by atoms with Crippen LogP contribution in [0.3, 0.4) is 0 Å². The number of ketones is 1. The van der Waals surface area contributed by atoms with Crippen LogP contribution in [-0.2, 0) is 9.59 Å². The van der Waals surface area contributed by atoms with Gasteiger partial charge in [-0.3, -0.25) is 9.59 Å². The molecule has 2 aliphatic carbocycles. The maximum Gasteiger partial charge on any atom is 0.229 e. The zero-order valence-electron chi connectivity index (χ0n) is 12.5. The van der Waals surface area contributed by atoms with Gasteiger partial charge in [-0.25, -0.2) is 0 Å². The molecule has 1 aromatic rings. The SMILES string of the molecule is CC(C)c1nnc(NC(=O)C2C[C@H]3CCC[C@@H](C2)C3=O)s1. The molecule has 2 saturated carbocycles. The predicted octanol–water partition coefficient (Wildman–Crippen LogP) is 3.00. The Morgan fingerprint density at radius 1 is 1.24 bits per heavy atom. The Morgan fingerprint density at radius 3 is 2.48 bits per heavy atom. The number of hydrogen-bond donors (Lipinski definition) is 1. The van der Waals surface area contributed by atoms with Gasteiger partial charge < -0.3 is 5.32 Å². The lowest BCUT2D eigenvalue weighted by Gasteiger charge is -2.36. The van der Waals surface area contributed by atoms with Gasteiger partial charge in [0.2, 0.25) is 11.0 Å². The van der Waals surface area contributed by atoms with Crippen LogP contribution in [-0.4, -0.2) is 21.9 Å². The van der Waals surface area contributed by atoms with Crippen molar-refractivity contribution in [1.82, 2.24) is 10.2 Å². The Labute approximate surface area is 128 Å². The van der Waals surface area contributed by atoms with E-state index in [0.29, 0.717) is 29.7 Å². The molecule has 1 heterocycles. The fourth-order valence-electron chi connectivity index (χ4n) is 3.42. The smallest absolute Gasteiger partial charge is 0.229 e. The summed E-state index contributed by atoms with van der Waals surface area (Å²) >= 11 is 1.43. The van der Waals surface area contributed by atoms with Crippen LogP contribution in [0.25, 0.3) is 0 Å². The Kier molecular flexibility index (Phi) is 4.06. The fourth-order valence-corrected chi connectivity index (χ4v) is 4.17. The number of aromatic nitrogens is 2. The second-order valence-corrected chi connectivity index (χ2v) is 7.49. The summed E-state index contributed by atoms with van der Waals surface area (Å²) in [4.78, 5) is 24.5. The van der Waals surface area contributed by atoms with E-state index in [4.69, 9.17) is 0 Å². The van der Waals surface area contributed by atoms with Crippen molar-refractivity contribution in [3.63, 3.8) is 0 Å². The van der Waals surface area contributed by atoms with Crippen LogP contribution in [0.5, 0.6) is 0 Å². The average molecular weight is 307 g/mol. The molecule has 6 heteroatoms. The van der Waals surface area contributed by atoms with Gasteiger partial charge in [0.15, 0.2) is 0 Å². The lowest BCUT2D eigenvalue weighted by Crippen LogP contribution is -2.40. The van der Waals surface area contributed by atoms with Crippen LogP contribution < -0.4 is 5.32 Å². The zero-order valence-corrected chi connectivity index (χ0v) is 13.3. The minimum Gasteiger partial charge on any atom is -0.300 e. The summed E-state index contributed by atoms with van der Waals surface area (Å²) in [7, 11) is 0. The van der Waals surface area contributed by atoms with Crippen molar-refractivity contribution in [2.75, 3.05) is 5.32 Å². The van der Waals surface area contributed by atoms with Crippen molar-refractivity contribution in [2.45, 2.75) is 51.9 Å². The standard InChI is InChI=1S/C15H21N3O2S/c1-8(2)14-17-18-15(21-14)16-13(20)11-6-9-4-3-5-10(7-11)12(9)19/h8-11H,3-7H2,1-2H3,(H,16,18,20)/t9-,10+,11?. The highest BCUT2D eigenvalue weighted by molar-refractivity contribution is 7.15. The molecule has 0 spiro atoms. The third kappa shape index (κ3) is 3.00. The molecule has 2 fully saturated rings. The van der Waals surface area contributed by atoms with E-state index >= 15 is 0 Å². The van der Waals surface area contributed by atoms with Crippen LogP contribution in [0.2, 0.25) is 0 Å². The summed E-state index contributed by atoms with van der Waals surface area (Å²) in [6.45, 7) is 4.11. The van der Waals surface area contributed by atoms with Crippen molar-refractivity contribution in [3.05, 3.63) is 5.01 Å². The van der Waals surface area contributed by atoms with Gasteiger partial charge in [0, 0.05) is 23.7 Å². The van der Waals surface area contributed by atoms with Crippen molar-refractivity contribution >= 4 is 28.2 Å². The predicted molar refractivity (Wildman–Crippen MR) is 81.2 cm³/mol. The highest BCUT2D eigenvalue weighted by atomic mass is 32.1. The minimum absolute atomic E-state index is 0.00542. The highest BCUT2D eigenvalue weighted by Crippen LogP contribution is 2.40. The van der Waals surface area contributed by atoms with Gasteiger partial charge in [0.05, 0.1) is 0 Å². The third-order valence-electron chi connectivity index (χ3n) is 4.58. The molecular weight excluding hydrogens is 286 g/mol. The van der Waals surface area contributed by atoms with Gasteiger partial charge in [0.1, 0.15) is 10.8 Å². The molecule has 1 amide bonds. The minimum atomic E-state index is -0.0515. The van der Waals surface area contributed by atoms with E-state index in [1.54, 1.807) is 0 Å². The monoisotopic (exact) mass is 307 g/mol. The molecule has 0 radical (unpaired) electrons. The molecule has 1 aromatic heterocycles. The largest absolute Gasteiger partial charge is 0.300 e. The molecule has 1 unspecified atom stereocenters. The first kappa shape index (κ1) is 14.6. The molecular formula is C15H21N3O2S. The van der Waals surface area contributed by atoms with E-state index in [1.165, 1.54) is 11.3 Å². The first-order valence-corrected chi connectivity index (χ1v) is 8.54.